The van der Waals surface area contributed by atoms with E-state index in [1.54, 1.807) is 19.1 Å². The maximum absolute atomic E-state index is 13.1. The molecule has 0 atom stereocenters. The average molecular weight is 326 g/mol. The van der Waals surface area contributed by atoms with E-state index in [4.69, 9.17) is 21.4 Å². The van der Waals surface area contributed by atoms with Gasteiger partial charge in [-0.2, -0.15) is 0 Å². The fraction of sp³-hybridized carbons (Fsp3) is 0.500. The molecule has 1 heterocycles. The third-order valence-electron chi connectivity index (χ3n) is 4.13. The molecule has 0 aromatic heterocycles. The molecule has 1 saturated heterocycles. The Balaban J connectivity index is 2.40. The first-order valence-corrected chi connectivity index (χ1v) is 7.72. The van der Waals surface area contributed by atoms with Gasteiger partial charge in [-0.15, -0.1) is 0 Å². The molecule has 6 heteroatoms. The van der Waals surface area contributed by atoms with Crippen molar-refractivity contribution in [1.29, 1.82) is 0 Å². The number of likely N-dealkylation sites (N-methyl/N-ethyl adjacent to an activating group) is 1. The number of carbonyl (C=O) groups is 2. The lowest BCUT2D eigenvalue weighted by Gasteiger charge is -2.39. The van der Waals surface area contributed by atoms with Gasteiger partial charge >= 0.3 is 5.97 Å². The number of carboxylic acid groups (broad SMARTS) is 1. The van der Waals surface area contributed by atoms with Crippen molar-refractivity contribution in [3.63, 3.8) is 0 Å². The van der Waals surface area contributed by atoms with Crippen LogP contribution in [0.1, 0.15) is 25.3 Å². The van der Waals surface area contributed by atoms with Crippen LogP contribution in [0.5, 0.6) is 0 Å². The van der Waals surface area contributed by atoms with Gasteiger partial charge in [-0.05, 0) is 37.5 Å². The first kappa shape index (κ1) is 16.8. The van der Waals surface area contributed by atoms with Crippen LogP contribution in [0.25, 0.3) is 0 Å². The number of carbonyl (C=O) groups excluding carboxylic acids is 1. The molecule has 1 amide bonds. The third-order valence-corrected chi connectivity index (χ3v) is 4.36. The zero-order chi connectivity index (χ0) is 16.2. The number of aliphatic carboxylic acids is 1. The van der Waals surface area contributed by atoms with Crippen LogP contribution in [0, 0.1) is 0 Å². The van der Waals surface area contributed by atoms with E-state index in [2.05, 4.69) is 0 Å². The number of halogens is 1. The first-order chi connectivity index (χ1) is 10.5. The lowest BCUT2D eigenvalue weighted by Crippen LogP contribution is -2.51. The van der Waals surface area contributed by atoms with Crippen LogP contribution >= 0.6 is 11.6 Å². The van der Waals surface area contributed by atoms with Gasteiger partial charge in [0.05, 0.1) is 5.41 Å². The maximum atomic E-state index is 13.1. The number of amides is 1. The van der Waals surface area contributed by atoms with Crippen LogP contribution in [0.4, 0.5) is 0 Å². The number of ether oxygens (including phenoxy) is 1. The van der Waals surface area contributed by atoms with Crippen LogP contribution in [0.3, 0.4) is 0 Å². The van der Waals surface area contributed by atoms with Crippen molar-refractivity contribution in [3.05, 3.63) is 34.9 Å². The van der Waals surface area contributed by atoms with Crippen molar-refractivity contribution in [2.24, 2.45) is 0 Å². The second kappa shape index (κ2) is 7.11. The second-order valence-corrected chi connectivity index (χ2v) is 5.85. The molecule has 22 heavy (non-hydrogen) atoms. The quantitative estimate of drug-likeness (QED) is 0.902. The minimum atomic E-state index is -1.01. The SMILES string of the molecule is CCN(CC(=O)O)C(=O)C1(c2cccc(Cl)c2)CCOCC1. The van der Waals surface area contributed by atoms with Crippen LogP contribution in [-0.4, -0.2) is 48.2 Å². The minimum absolute atomic E-state index is 0.164. The van der Waals surface area contributed by atoms with Gasteiger partial charge in [-0.3, -0.25) is 9.59 Å². The Kier molecular flexibility index (Phi) is 5.42. The molecule has 1 N–H and O–H groups in total. The molecule has 1 fully saturated rings. The number of nitrogens with zero attached hydrogens (tertiary/aromatic N) is 1. The normalized spacial score (nSPS) is 17.0. The molecule has 0 unspecified atom stereocenters. The summed E-state index contributed by atoms with van der Waals surface area (Å²) in [4.78, 5) is 25.5. The van der Waals surface area contributed by atoms with Gasteiger partial charge < -0.3 is 14.7 Å². The molecule has 2 rings (SSSR count). The summed E-state index contributed by atoms with van der Waals surface area (Å²) < 4.78 is 5.40. The Morgan fingerprint density at radius 3 is 2.59 bits per heavy atom. The van der Waals surface area contributed by atoms with Crippen molar-refractivity contribution in [3.8, 4) is 0 Å². The first-order valence-electron chi connectivity index (χ1n) is 7.34. The Morgan fingerprint density at radius 1 is 1.36 bits per heavy atom. The Morgan fingerprint density at radius 2 is 2.05 bits per heavy atom. The van der Waals surface area contributed by atoms with Gasteiger partial charge in [-0.25, -0.2) is 0 Å². The smallest absolute Gasteiger partial charge is 0.323 e. The summed E-state index contributed by atoms with van der Waals surface area (Å²) >= 11 is 6.08. The lowest BCUT2D eigenvalue weighted by molar-refractivity contribution is -0.149. The van der Waals surface area contributed by atoms with E-state index in [-0.39, 0.29) is 12.5 Å². The van der Waals surface area contributed by atoms with Gasteiger partial charge in [0.1, 0.15) is 6.54 Å². The summed E-state index contributed by atoms with van der Waals surface area (Å²) in [5.41, 5.74) is 0.0753. The molecule has 0 saturated carbocycles. The zero-order valence-corrected chi connectivity index (χ0v) is 13.3. The maximum Gasteiger partial charge on any atom is 0.323 e. The zero-order valence-electron chi connectivity index (χ0n) is 12.5. The minimum Gasteiger partial charge on any atom is -0.480 e. The highest BCUT2D eigenvalue weighted by Gasteiger charge is 2.44. The average Bonchev–Trinajstić information content (AvgIpc) is 2.52. The van der Waals surface area contributed by atoms with Gasteiger partial charge in [0.25, 0.3) is 0 Å². The van der Waals surface area contributed by atoms with Crippen molar-refractivity contribution < 1.29 is 19.4 Å². The second-order valence-electron chi connectivity index (χ2n) is 5.42. The highest BCUT2D eigenvalue weighted by Crippen LogP contribution is 2.37. The van der Waals surface area contributed by atoms with Crippen molar-refractivity contribution in [2.75, 3.05) is 26.3 Å². The number of hydrogen-bond acceptors (Lipinski definition) is 3. The van der Waals surface area contributed by atoms with E-state index in [0.717, 1.165) is 5.56 Å². The third kappa shape index (κ3) is 3.42. The van der Waals surface area contributed by atoms with Crippen LogP contribution in [0.2, 0.25) is 5.02 Å². The molecule has 1 aromatic rings. The number of benzene rings is 1. The summed E-state index contributed by atoms with van der Waals surface area (Å²) in [6.07, 6.45) is 1.06. The molecule has 120 valence electrons. The van der Waals surface area contributed by atoms with Gasteiger partial charge in [0, 0.05) is 24.8 Å². The highest BCUT2D eigenvalue weighted by molar-refractivity contribution is 6.30. The molecule has 1 aliphatic heterocycles. The monoisotopic (exact) mass is 325 g/mol. The highest BCUT2D eigenvalue weighted by atomic mass is 35.5. The van der Waals surface area contributed by atoms with Crippen molar-refractivity contribution >= 4 is 23.5 Å². The Bertz CT molecular complexity index is 555. The Hall–Kier alpha value is -1.59. The van der Waals surface area contributed by atoms with E-state index in [1.165, 1.54) is 4.90 Å². The molecule has 0 spiro atoms. The molecule has 1 aliphatic rings. The number of hydrogen-bond donors (Lipinski definition) is 1. The summed E-state index contributed by atoms with van der Waals surface area (Å²) in [7, 11) is 0. The predicted molar refractivity (Wildman–Crippen MR) is 83.1 cm³/mol. The summed E-state index contributed by atoms with van der Waals surface area (Å²) in [5.74, 6) is -1.17. The summed E-state index contributed by atoms with van der Waals surface area (Å²) in [6, 6.07) is 7.25. The van der Waals surface area contributed by atoms with Gasteiger partial charge in [-0.1, -0.05) is 23.7 Å². The Labute approximate surface area is 134 Å². The van der Waals surface area contributed by atoms with Gasteiger partial charge in [0.2, 0.25) is 5.91 Å². The largest absolute Gasteiger partial charge is 0.480 e. The molecule has 0 bridgehead atoms. The van der Waals surface area contributed by atoms with Crippen molar-refractivity contribution in [1.82, 2.24) is 4.90 Å². The molecular formula is C16H20ClNO4. The predicted octanol–water partition coefficient (Wildman–Crippen LogP) is 2.32. The topological polar surface area (TPSA) is 66.8 Å². The van der Waals surface area contributed by atoms with E-state index >= 15 is 0 Å². The van der Waals surface area contributed by atoms with Crippen LogP contribution in [0.15, 0.2) is 24.3 Å². The fourth-order valence-corrected chi connectivity index (χ4v) is 3.12. The van der Waals surface area contributed by atoms with Crippen molar-refractivity contribution in [2.45, 2.75) is 25.2 Å². The molecule has 0 radical (unpaired) electrons. The van der Waals surface area contributed by atoms with Gasteiger partial charge in [0.15, 0.2) is 0 Å². The standard InChI is InChI=1S/C16H20ClNO4/c1-2-18(11-14(19)20)15(21)16(6-8-22-9-7-16)12-4-3-5-13(17)10-12/h3-5,10H,2,6-9,11H2,1H3,(H,19,20). The molecule has 0 aliphatic carbocycles. The molecular weight excluding hydrogens is 306 g/mol. The lowest BCUT2D eigenvalue weighted by atomic mass is 9.73. The molecule has 5 nitrogen and oxygen atoms in total. The van der Waals surface area contributed by atoms with E-state index in [0.29, 0.717) is 37.6 Å². The summed E-state index contributed by atoms with van der Waals surface area (Å²) in [5, 5.41) is 9.59. The van der Waals surface area contributed by atoms with E-state index in [1.807, 2.05) is 12.1 Å². The van der Waals surface area contributed by atoms with E-state index in [9.17, 15) is 9.59 Å². The number of carboxylic acids is 1. The number of rotatable bonds is 5. The van der Waals surface area contributed by atoms with Crippen LogP contribution in [-0.2, 0) is 19.7 Å². The fourth-order valence-electron chi connectivity index (χ4n) is 2.93. The molecule has 1 aromatic carbocycles. The van der Waals surface area contributed by atoms with E-state index < -0.39 is 11.4 Å². The summed E-state index contributed by atoms with van der Waals surface area (Å²) in [6.45, 7) is 2.80. The van der Waals surface area contributed by atoms with Crippen LogP contribution < -0.4 is 0 Å².